The number of β-amino-alcohol motifs (C(OH)–C–C–N with tert-alkyl or cyclic N) is 1. The Kier molecular flexibility index (Phi) is 3.71. The Morgan fingerprint density at radius 3 is 2.70 bits per heavy atom. The first-order valence-electron chi connectivity index (χ1n) is 9.72. The van der Waals surface area contributed by atoms with Gasteiger partial charge >= 0.3 is 0 Å². The Hall–Kier alpha value is -1.58. The van der Waals surface area contributed by atoms with E-state index in [1.807, 2.05) is 17.9 Å². The molecule has 2 aromatic heterocycles. The average Bonchev–Trinajstić information content (AvgIpc) is 2.99. The summed E-state index contributed by atoms with van der Waals surface area (Å²) in [5.74, 6) is 0.990. The van der Waals surface area contributed by atoms with Crippen molar-refractivity contribution in [1.82, 2.24) is 19.1 Å². The molecule has 1 saturated heterocycles. The van der Waals surface area contributed by atoms with Crippen LogP contribution in [-0.4, -0.2) is 70.1 Å². The summed E-state index contributed by atoms with van der Waals surface area (Å²) in [6.07, 6.45) is 6.12. The zero-order valence-corrected chi connectivity index (χ0v) is 16.6. The van der Waals surface area contributed by atoms with Gasteiger partial charge in [0, 0.05) is 39.4 Å². The van der Waals surface area contributed by atoms with Gasteiger partial charge in [0.05, 0.1) is 16.7 Å². The lowest BCUT2D eigenvalue weighted by atomic mass is 9.83. The van der Waals surface area contributed by atoms with Crippen molar-refractivity contribution in [2.75, 3.05) is 25.0 Å². The van der Waals surface area contributed by atoms with E-state index in [1.165, 1.54) is 4.31 Å². The molecule has 148 valence electrons. The van der Waals surface area contributed by atoms with Gasteiger partial charge in [0.1, 0.15) is 5.65 Å². The predicted molar refractivity (Wildman–Crippen MR) is 103 cm³/mol. The number of aromatic nitrogens is 3. The summed E-state index contributed by atoms with van der Waals surface area (Å²) in [4.78, 5) is 5.49. The SMILES string of the molecule is CN(c1nn(C)c2[nH]ccc12)C1CCC2(CC1)C[C@@H]2S(=O)(=O)N1CC(O)C1. The number of hydrogen-bond acceptors (Lipinski definition) is 5. The molecule has 5 rings (SSSR count). The van der Waals surface area contributed by atoms with Gasteiger partial charge in [-0.1, -0.05) is 0 Å². The summed E-state index contributed by atoms with van der Waals surface area (Å²) in [6.45, 7) is 0.541. The molecule has 9 heteroatoms. The van der Waals surface area contributed by atoms with Crippen LogP contribution in [0.4, 0.5) is 5.82 Å². The maximum Gasteiger partial charge on any atom is 0.217 e. The van der Waals surface area contributed by atoms with Crippen LogP contribution in [0.3, 0.4) is 0 Å². The number of aliphatic hydroxyl groups is 1. The van der Waals surface area contributed by atoms with E-state index in [1.54, 1.807) is 0 Å². The van der Waals surface area contributed by atoms with Gasteiger partial charge in [0.15, 0.2) is 5.82 Å². The lowest BCUT2D eigenvalue weighted by molar-refractivity contribution is 0.0543. The molecule has 0 radical (unpaired) electrons. The van der Waals surface area contributed by atoms with E-state index >= 15 is 0 Å². The lowest BCUT2D eigenvalue weighted by Crippen LogP contribution is -2.54. The summed E-state index contributed by atoms with van der Waals surface area (Å²) < 4.78 is 28.8. The predicted octanol–water partition coefficient (Wildman–Crippen LogP) is 1.05. The molecule has 2 aliphatic carbocycles. The maximum atomic E-state index is 12.7. The molecule has 8 nitrogen and oxygen atoms in total. The van der Waals surface area contributed by atoms with Crippen molar-refractivity contribution >= 4 is 26.9 Å². The molecule has 3 aliphatic rings. The van der Waals surface area contributed by atoms with E-state index in [2.05, 4.69) is 28.1 Å². The molecule has 0 bridgehead atoms. The van der Waals surface area contributed by atoms with E-state index in [-0.39, 0.29) is 23.8 Å². The van der Waals surface area contributed by atoms with Crippen LogP contribution in [0.2, 0.25) is 0 Å². The summed E-state index contributed by atoms with van der Waals surface area (Å²) in [7, 11) is 0.802. The van der Waals surface area contributed by atoms with Gasteiger partial charge in [-0.15, -0.1) is 0 Å². The lowest BCUT2D eigenvalue weighted by Gasteiger charge is -2.38. The molecule has 2 aromatic rings. The number of nitrogens with zero attached hydrogens (tertiary/aromatic N) is 4. The molecule has 1 atom stereocenters. The highest BCUT2D eigenvalue weighted by Gasteiger charge is 2.63. The van der Waals surface area contributed by atoms with Crippen LogP contribution in [0.1, 0.15) is 32.1 Å². The number of aryl methyl sites for hydroxylation is 1. The van der Waals surface area contributed by atoms with Crippen molar-refractivity contribution in [3.8, 4) is 0 Å². The molecular weight excluding hydrogens is 366 g/mol. The molecule has 2 N–H and O–H groups in total. The first-order chi connectivity index (χ1) is 12.8. The Labute approximate surface area is 159 Å². The average molecular weight is 394 g/mol. The Morgan fingerprint density at radius 2 is 2.04 bits per heavy atom. The molecule has 1 spiro atoms. The Morgan fingerprint density at radius 1 is 1.33 bits per heavy atom. The fourth-order valence-electron chi connectivity index (χ4n) is 5.11. The largest absolute Gasteiger partial charge is 0.390 e. The fraction of sp³-hybridized carbons (Fsp3) is 0.722. The number of aromatic amines is 1. The molecule has 3 heterocycles. The molecule has 3 fully saturated rings. The zero-order chi connectivity index (χ0) is 19.0. The summed E-state index contributed by atoms with van der Waals surface area (Å²) in [5, 5.41) is 15.0. The number of aliphatic hydroxyl groups excluding tert-OH is 1. The highest BCUT2D eigenvalue weighted by Crippen LogP contribution is 2.61. The minimum atomic E-state index is -3.24. The van der Waals surface area contributed by atoms with Crippen LogP contribution in [0.15, 0.2) is 12.3 Å². The van der Waals surface area contributed by atoms with Crippen molar-refractivity contribution < 1.29 is 13.5 Å². The van der Waals surface area contributed by atoms with Gasteiger partial charge in [0.2, 0.25) is 10.0 Å². The molecule has 1 aliphatic heterocycles. The normalized spacial score (nSPS) is 32.1. The molecule has 0 amide bonds. The van der Waals surface area contributed by atoms with E-state index in [0.29, 0.717) is 6.04 Å². The second-order valence-electron chi connectivity index (χ2n) is 8.60. The van der Waals surface area contributed by atoms with Crippen LogP contribution in [0, 0.1) is 5.41 Å². The minimum absolute atomic E-state index is 0.0375. The summed E-state index contributed by atoms with van der Waals surface area (Å²) in [6, 6.07) is 2.45. The monoisotopic (exact) mass is 393 g/mol. The van der Waals surface area contributed by atoms with Crippen molar-refractivity contribution in [2.24, 2.45) is 12.5 Å². The minimum Gasteiger partial charge on any atom is -0.390 e. The van der Waals surface area contributed by atoms with Crippen LogP contribution in [0.25, 0.3) is 11.0 Å². The molecular formula is C18H27N5O3S. The smallest absolute Gasteiger partial charge is 0.217 e. The maximum absolute atomic E-state index is 12.7. The fourth-order valence-corrected chi connectivity index (χ4v) is 7.64. The number of hydrogen-bond donors (Lipinski definition) is 2. The number of fused-ring (bicyclic) bond motifs is 1. The first kappa shape index (κ1) is 17.5. The molecule has 27 heavy (non-hydrogen) atoms. The van der Waals surface area contributed by atoms with Crippen LogP contribution in [0.5, 0.6) is 0 Å². The number of H-pyrrole nitrogens is 1. The number of rotatable bonds is 4. The van der Waals surface area contributed by atoms with Gasteiger partial charge in [-0.3, -0.25) is 0 Å². The van der Waals surface area contributed by atoms with Crippen LogP contribution < -0.4 is 4.90 Å². The third-order valence-corrected chi connectivity index (χ3v) is 9.43. The number of nitrogens with one attached hydrogen (secondary N) is 1. The van der Waals surface area contributed by atoms with Crippen molar-refractivity contribution in [1.29, 1.82) is 0 Å². The van der Waals surface area contributed by atoms with E-state index in [9.17, 15) is 13.5 Å². The number of sulfonamides is 1. The first-order valence-corrected chi connectivity index (χ1v) is 11.2. The highest BCUT2D eigenvalue weighted by atomic mass is 32.2. The van der Waals surface area contributed by atoms with Crippen molar-refractivity contribution in [2.45, 2.75) is 49.5 Å². The number of anilines is 1. The van der Waals surface area contributed by atoms with E-state index < -0.39 is 16.1 Å². The molecule has 2 saturated carbocycles. The van der Waals surface area contributed by atoms with Crippen molar-refractivity contribution in [3.05, 3.63) is 12.3 Å². The summed E-state index contributed by atoms with van der Waals surface area (Å²) in [5.41, 5.74) is 0.985. The van der Waals surface area contributed by atoms with Crippen molar-refractivity contribution in [3.63, 3.8) is 0 Å². The van der Waals surface area contributed by atoms with E-state index in [0.717, 1.165) is 49.0 Å². The van der Waals surface area contributed by atoms with Gasteiger partial charge in [-0.05, 0) is 43.6 Å². The zero-order valence-electron chi connectivity index (χ0n) is 15.8. The van der Waals surface area contributed by atoms with Crippen LogP contribution in [-0.2, 0) is 17.1 Å². The molecule has 0 aromatic carbocycles. The van der Waals surface area contributed by atoms with E-state index in [4.69, 9.17) is 0 Å². The topological polar surface area (TPSA) is 94.5 Å². The quantitative estimate of drug-likeness (QED) is 0.810. The molecule has 0 unspecified atom stereocenters. The highest BCUT2D eigenvalue weighted by molar-refractivity contribution is 7.90. The van der Waals surface area contributed by atoms with Crippen LogP contribution >= 0.6 is 0 Å². The van der Waals surface area contributed by atoms with Gasteiger partial charge in [0.25, 0.3) is 0 Å². The van der Waals surface area contributed by atoms with Gasteiger partial charge < -0.3 is 15.0 Å². The Balaban J connectivity index is 1.26. The third kappa shape index (κ3) is 2.55. The standard InChI is InChI=1S/C18H27N5O3S/c1-21(17-14-5-8-19-16(14)22(2)20-17)12-3-6-18(7-4-12)9-15(18)27(25,26)23-10-13(24)11-23/h5,8,12-13,15,19,24H,3-4,6-7,9-11H2,1-2H3/t12?,15-,18?/m0/s1. The second kappa shape index (κ2) is 5.71. The second-order valence-corrected chi connectivity index (χ2v) is 10.7. The third-order valence-electron chi connectivity index (χ3n) is 7.03. The summed E-state index contributed by atoms with van der Waals surface area (Å²) >= 11 is 0. The van der Waals surface area contributed by atoms with Gasteiger partial charge in [-0.2, -0.15) is 9.40 Å². The van der Waals surface area contributed by atoms with Gasteiger partial charge in [-0.25, -0.2) is 13.1 Å². The Bertz CT molecular complexity index is 966.